The van der Waals surface area contributed by atoms with Crippen LogP contribution in [0.5, 0.6) is 5.88 Å². The van der Waals surface area contributed by atoms with Crippen LogP contribution in [-0.4, -0.2) is 79.2 Å². The Bertz CT molecular complexity index is 1900. The van der Waals surface area contributed by atoms with Crippen LogP contribution in [0.1, 0.15) is 119 Å². The minimum absolute atomic E-state index is 0.00623. The number of fused-ring (bicyclic) bond motifs is 7. The number of hydrogen-bond acceptors (Lipinski definition) is 7. The quantitative estimate of drug-likeness (QED) is 0.226. The fourth-order valence-electron chi connectivity index (χ4n) is 15.2. The molecule has 6 aliphatic carbocycles. The van der Waals surface area contributed by atoms with Crippen LogP contribution in [0.15, 0.2) is 59.8 Å². The van der Waals surface area contributed by atoms with Crippen molar-refractivity contribution in [2.24, 2.45) is 56.7 Å². The third-order valence-electron chi connectivity index (χ3n) is 18.5. The van der Waals surface area contributed by atoms with E-state index in [2.05, 4.69) is 75.5 Å². The Morgan fingerprint density at radius 1 is 0.947 bits per heavy atom. The SMILES string of the molecule is C=C(C)[C@@H]1CC[C@]2(NCCN3CCS(=O)(=O)CC3)CC[C@]3(C)[C@H](CC[C@@H]4[C@@]5(C)CC=C(C6=CC[C@@](COc7ccccn7)(C(=O)O)CC6)C(C)(C)[C@@H]5CC[C@]43C)[C@@H]12. The first-order valence-corrected chi connectivity index (χ1v) is 24.2. The molecule has 4 saturated carbocycles. The Morgan fingerprint density at radius 2 is 1.72 bits per heavy atom. The molecule has 1 aliphatic heterocycles. The molecular weight excluding hydrogens is 731 g/mol. The van der Waals surface area contributed by atoms with Crippen molar-refractivity contribution in [3.05, 3.63) is 59.8 Å². The van der Waals surface area contributed by atoms with Gasteiger partial charge in [0.05, 0.1) is 11.5 Å². The van der Waals surface area contributed by atoms with Gasteiger partial charge in [-0.25, -0.2) is 13.4 Å². The minimum atomic E-state index is -2.87. The van der Waals surface area contributed by atoms with Crippen LogP contribution in [0.25, 0.3) is 0 Å². The molecule has 1 saturated heterocycles. The van der Waals surface area contributed by atoms with Crippen LogP contribution in [0.2, 0.25) is 0 Å². The highest BCUT2D eigenvalue weighted by molar-refractivity contribution is 7.91. The van der Waals surface area contributed by atoms with Gasteiger partial charge < -0.3 is 20.1 Å². The van der Waals surface area contributed by atoms with E-state index in [-0.39, 0.29) is 33.8 Å². The van der Waals surface area contributed by atoms with Gasteiger partial charge in [-0.2, -0.15) is 0 Å². The zero-order valence-electron chi connectivity index (χ0n) is 35.9. The van der Waals surface area contributed by atoms with E-state index in [1.54, 1.807) is 12.3 Å². The lowest BCUT2D eigenvalue weighted by atomic mass is 9.33. The maximum absolute atomic E-state index is 12.7. The molecule has 7 aliphatic rings. The summed E-state index contributed by atoms with van der Waals surface area (Å²) in [5.41, 5.74) is 4.12. The minimum Gasteiger partial charge on any atom is -0.481 e. The fraction of sp³-hybridized carbons (Fsp3) is 0.750. The van der Waals surface area contributed by atoms with Crippen molar-refractivity contribution in [3.8, 4) is 5.88 Å². The van der Waals surface area contributed by atoms with Crippen LogP contribution < -0.4 is 10.1 Å². The van der Waals surface area contributed by atoms with Gasteiger partial charge in [-0.15, -0.1) is 0 Å². The summed E-state index contributed by atoms with van der Waals surface area (Å²) in [6.07, 6.45) is 19.5. The van der Waals surface area contributed by atoms with Gasteiger partial charge in [0.2, 0.25) is 5.88 Å². The molecule has 0 amide bonds. The van der Waals surface area contributed by atoms with Crippen LogP contribution in [-0.2, 0) is 14.6 Å². The van der Waals surface area contributed by atoms with Crippen LogP contribution in [0, 0.1) is 56.7 Å². The first-order chi connectivity index (χ1) is 26.9. The Kier molecular flexibility index (Phi) is 10.6. The number of aliphatic carboxylic acids is 1. The van der Waals surface area contributed by atoms with Crippen molar-refractivity contribution in [2.75, 3.05) is 44.3 Å². The van der Waals surface area contributed by atoms with Gasteiger partial charge in [-0.3, -0.25) is 4.79 Å². The maximum atomic E-state index is 12.7. The Hall–Kier alpha value is -2.49. The number of sulfone groups is 1. The van der Waals surface area contributed by atoms with Crippen molar-refractivity contribution in [2.45, 2.75) is 124 Å². The molecule has 8 rings (SSSR count). The van der Waals surface area contributed by atoms with Gasteiger partial charge in [0.25, 0.3) is 0 Å². The van der Waals surface area contributed by atoms with E-state index >= 15 is 0 Å². The van der Waals surface area contributed by atoms with Gasteiger partial charge in [-0.1, -0.05) is 65.0 Å². The number of hydrogen-bond donors (Lipinski definition) is 2. The Labute approximate surface area is 343 Å². The molecule has 57 heavy (non-hydrogen) atoms. The number of carboxylic acids is 1. The molecule has 0 bridgehead atoms. The van der Waals surface area contributed by atoms with E-state index < -0.39 is 21.2 Å². The predicted octanol–water partition coefficient (Wildman–Crippen LogP) is 8.91. The standard InChI is InChI=1S/C48H71N3O5S/c1-33(2)35-15-22-48(50-26-27-51-28-30-57(54,55)31-29-51)24-23-45(6)37(41(35)48)11-12-39-44(5)18-16-36(43(3,4)38(44)17-19-46(39,45)7)34-13-20-47(21-14-34,42(52)53)32-56-40-10-8-9-25-49-40/h8-10,13,16,25,35,37-39,41,50H,1,11-12,14-15,17-24,26-32H2,2-7H3,(H,52,53)/t35-,37+,38-,39+,41+,44-,45+,46+,47+,48-/m0/s1. The molecule has 9 heteroatoms. The van der Waals surface area contributed by atoms with Crippen LogP contribution in [0.4, 0.5) is 0 Å². The molecule has 314 valence electrons. The average Bonchev–Trinajstić information content (AvgIpc) is 3.55. The number of nitrogens with zero attached hydrogens (tertiary/aromatic N) is 2. The fourth-order valence-corrected chi connectivity index (χ4v) is 16.5. The van der Waals surface area contributed by atoms with Crippen molar-refractivity contribution < 1.29 is 23.1 Å². The van der Waals surface area contributed by atoms with Crippen molar-refractivity contribution in [1.29, 1.82) is 0 Å². The largest absolute Gasteiger partial charge is 0.481 e. The summed E-state index contributed by atoms with van der Waals surface area (Å²) in [6.45, 7) is 23.3. The number of rotatable bonds is 10. The average molecular weight is 802 g/mol. The van der Waals surface area contributed by atoms with E-state index in [4.69, 9.17) is 4.74 Å². The van der Waals surface area contributed by atoms with Crippen molar-refractivity contribution in [3.63, 3.8) is 0 Å². The van der Waals surface area contributed by atoms with Gasteiger partial charge in [-0.05, 0) is 152 Å². The number of nitrogens with one attached hydrogen (secondary N) is 1. The molecule has 0 aromatic carbocycles. The van der Waals surface area contributed by atoms with E-state index in [0.29, 0.717) is 72.9 Å². The van der Waals surface area contributed by atoms with Gasteiger partial charge in [0.15, 0.2) is 9.84 Å². The van der Waals surface area contributed by atoms with E-state index in [1.807, 2.05) is 12.1 Å². The van der Waals surface area contributed by atoms with Crippen molar-refractivity contribution in [1.82, 2.24) is 15.2 Å². The third kappa shape index (κ3) is 6.71. The first-order valence-electron chi connectivity index (χ1n) is 22.4. The summed E-state index contributed by atoms with van der Waals surface area (Å²) >= 11 is 0. The molecule has 5 fully saturated rings. The van der Waals surface area contributed by atoms with Crippen LogP contribution >= 0.6 is 0 Å². The summed E-state index contributed by atoms with van der Waals surface area (Å²) in [6, 6.07) is 5.49. The molecule has 0 spiro atoms. The molecule has 8 nitrogen and oxygen atoms in total. The summed E-state index contributed by atoms with van der Waals surface area (Å²) in [4.78, 5) is 19.3. The number of carboxylic acid groups (broad SMARTS) is 1. The monoisotopic (exact) mass is 802 g/mol. The summed E-state index contributed by atoms with van der Waals surface area (Å²) < 4.78 is 30.1. The summed E-state index contributed by atoms with van der Waals surface area (Å²) in [7, 11) is -2.87. The molecule has 2 heterocycles. The number of carbonyl (C=O) groups is 1. The molecule has 1 aromatic heterocycles. The molecule has 2 N–H and O–H groups in total. The lowest BCUT2D eigenvalue weighted by molar-refractivity contribution is -0.221. The van der Waals surface area contributed by atoms with E-state index in [0.717, 1.165) is 25.9 Å². The number of pyridine rings is 1. The zero-order chi connectivity index (χ0) is 40.6. The highest BCUT2D eigenvalue weighted by Gasteiger charge is 2.70. The molecule has 10 atom stereocenters. The van der Waals surface area contributed by atoms with Crippen molar-refractivity contribution >= 4 is 15.8 Å². The highest BCUT2D eigenvalue weighted by atomic mass is 32.2. The second kappa shape index (κ2) is 14.6. The van der Waals surface area contributed by atoms with Gasteiger partial charge >= 0.3 is 5.97 Å². The number of ether oxygens (including phenoxy) is 1. The highest BCUT2D eigenvalue weighted by Crippen LogP contribution is 2.76. The zero-order valence-corrected chi connectivity index (χ0v) is 36.7. The summed E-state index contributed by atoms with van der Waals surface area (Å²) in [5.74, 6) is 3.33. The number of allylic oxidation sites excluding steroid dienone is 5. The predicted molar refractivity (Wildman–Crippen MR) is 228 cm³/mol. The summed E-state index contributed by atoms with van der Waals surface area (Å²) in [5, 5.41) is 14.7. The topological polar surface area (TPSA) is 109 Å². The smallest absolute Gasteiger partial charge is 0.313 e. The van der Waals surface area contributed by atoms with Gasteiger partial charge in [0.1, 0.15) is 12.0 Å². The maximum Gasteiger partial charge on any atom is 0.313 e. The normalized spacial score (nSPS) is 42.3. The Balaban J connectivity index is 1.01. The second-order valence-electron chi connectivity index (χ2n) is 21.3. The molecule has 1 aromatic rings. The van der Waals surface area contributed by atoms with Gasteiger partial charge in [0, 0.05) is 44.0 Å². The lowest BCUT2D eigenvalue weighted by Crippen LogP contribution is -2.68. The van der Waals surface area contributed by atoms with Crippen LogP contribution in [0.3, 0.4) is 0 Å². The third-order valence-corrected chi connectivity index (χ3v) is 20.1. The second-order valence-corrected chi connectivity index (χ2v) is 23.6. The lowest BCUT2D eigenvalue weighted by Gasteiger charge is -2.72. The van der Waals surface area contributed by atoms with E-state index in [1.165, 1.54) is 68.1 Å². The Morgan fingerprint density at radius 3 is 2.39 bits per heavy atom. The molecule has 0 radical (unpaired) electrons. The number of aromatic nitrogens is 1. The molecule has 0 unspecified atom stereocenters. The van der Waals surface area contributed by atoms with E-state index in [9.17, 15) is 18.3 Å². The molecular formula is C48H71N3O5S. The first kappa shape index (κ1) is 41.3.